The highest BCUT2D eigenvalue weighted by molar-refractivity contribution is 7.90. The van der Waals surface area contributed by atoms with Crippen molar-refractivity contribution in [2.24, 2.45) is 22.7 Å². The van der Waals surface area contributed by atoms with Crippen molar-refractivity contribution in [1.82, 2.24) is 14.6 Å². The third-order valence-electron chi connectivity index (χ3n) is 12.8. The number of carbonyl (C=O) groups is 4. The molecular formula is C47H55N3O9S. The number of Topliss-reactive ketones (excluding diaryl/α,β-unsaturated/α-hetero) is 1. The van der Waals surface area contributed by atoms with Gasteiger partial charge in [-0.2, -0.15) is 0 Å². The highest BCUT2D eigenvalue weighted by atomic mass is 32.2. The van der Waals surface area contributed by atoms with E-state index in [0.717, 1.165) is 35.8 Å². The Labute approximate surface area is 352 Å². The minimum absolute atomic E-state index is 0.0693. The molecule has 1 N–H and O–H groups in total. The number of hydrogen-bond acceptors (Lipinski definition) is 10. The van der Waals surface area contributed by atoms with Crippen LogP contribution in [0.15, 0.2) is 66.8 Å². The van der Waals surface area contributed by atoms with Crippen molar-refractivity contribution in [3.63, 3.8) is 0 Å². The number of fused-ring (bicyclic) bond motifs is 4. The largest absolute Gasteiger partial charge is 0.496 e. The number of amides is 2. The van der Waals surface area contributed by atoms with E-state index in [4.69, 9.17) is 19.2 Å². The molecule has 0 spiro atoms. The number of aromatic nitrogens is 1. The molecule has 2 saturated carbocycles. The SMILES string of the molecule is COc1cc2nc(-c3ccccc3)cc3c2cc1/C=C/CC(C)(C)COC(=O)C[C@H]1CCCCC/C=C\[C@H]2C[C@@]2(C(=O)NS(=O)(=O)C2CC2)CC(=O)[C@@H]2C[C@H](CN2C1=O)O3. The molecule has 13 heteroatoms. The Morgan fingerprint density at radius 3 is 2.57 bits per heavy atom. The quantitative estimate of drug-likeness (QED) is 0.204. The van der Waals surface area contributed by atoms with E-state index in [1.165, 1.54) is 0 Å². The average Bonchev–Trinajstić information content (AvgIpc) is 4.15. The smallest absolute Gasteiger partial charge is 0.306 e. The maximum atomic E-state index is 14.9. The molecule has 1 saturated heterocycles. The lowest BCUT2D eigenvalue weighted by Gasteiger charge is -2.29. The van der Waals surface area contributed by atoms with Gasteiger partial charge in [0.25, 0.3) is 0 Å². The van der Waals surface area contributed by atoms with Gasteiger partial charge in [-0.25, -0.2) is 13.4 Å². The number of sulfonamides is 1. The molecule has 5 atom stereocenters. The number of ketones is 1. The molecular weight excluding hydrogens is 783 g/mol. The molecule has 3 aromatic rings. The number of carbonyl (C=O) groups excluding carboxylic acids is 4. The van der Waals surface area contributed by atoms with Crippen LogP contribution in [-0.2, 0) is 33.9 Å². The van der Waals surface area contributed by atoms with Gasteiger partial charge in [0, 0.05) is 52.8 Å². The van der Waals surface area contributed by atoms with Crippen molar-refractivity contribution in [2.45, 2.75) is 108 Å². The van der Waals surface area contributed by atoms with Crippen molar-refractivity contribution in [3.8, 4) is 22.8 Å². The van der Waals surface area contributed by atoms with Crippen LogP contribution < -0.4 is 14.2 Å². The second kappa shape index (κ2) is 16.8. The van der Waals surface area contributed by atoms with Crippen molar-refractivity contribution >= 4 is 50.6 Å². The zero-order chi connectivity index (χ0) is 42.2. The molecule has 12 nitrogen and oxygen atoms in total. The highest BCUT2D eigenvalue weighted by Gasteiger charge is 2.61. The maximum Gasteiger partial charge on any atom is 0.306 e. The van der Waals surface area contributed by atoms with Crippen molar-refractivity contribution < 1.29 is 41.8 Å². The van der Waals surface area contributed by atoms with Gasteiger partial charge < -0.3 is 19.1 Å². The van der Waals surface area contributed by atoms with Crippen molar-refractivity contribution in [1.29, 1.82) is 0 Å². The molecule has 0 radical (unpaired) electrons. The monoisotopic (exact) mass is 837 g/mol. The molecule has 0 unspecified atom stereocenters. The second-order valence-electron chi connectivity index (χ2n) is 18.1. The van der Waals surface area contributed by atoms with Crippen LogP contribution in [-0.4, -0.2) is 79.5 Å². The van der Waals surface area contributed by atoms with Gasteiger partial charge in [-0.1, -0.05) is 81.3 Å². The van der Waals surface area contributed by atoms with Crippen LogP contribution in [0.2, 0.25) is 0 Å². The van der Waals surface area contributed by atoms with Crippen LogP contribution in [0.3, 0.4) is 0 Å². The lowest BCUT2D eigenvalue weighted by Crippen LogP contribution is -2.46. The summed E-state index contributed by atoms with van der Waals surface area (Å²) in [6.07, 6.45) is 12.6. The summed E-state index contributed by atoms with van der Waals surface area (Å²) in [6.45, 7) is 4.26. The van der Waals surface area contributed by atoms with E-state index in [0.29, 0.717) is 61.2 Å². The summed E-state index contributed by atoms with van der Waals surface area (Å²) in [6, 6.07) is 14.5. The fraction of sp³-hybridized carbons (Fsp3) is 0.511. The van der Waals surface area contributed by atoms with Crippen LogP contribution in [0, 0.1) is 22.7 Å². The topological polar surface area (TPSA) is 158 Å². The van der Waals surface area contributed by atoms with Crippen molar-refractivity contribution in [2.75, 3.05) is 20.3 Å². The first-order valence-electron chi connectivity index (χ1n) is 21.4. The normalized spacial score (nSPS) is 28.6. The molecule has 2 aromatic carbocycles. The number of nitrogens with one attached hydrogen (secondary N) is 1. The van der Waals surface area contributed by atoms with E-state index < -0.39 is 56.0 Å². The number of methoxy groups -OCH3 is 1. The Kier molecular flexibility index (Phi) is 11.7. The lowest BCUT2D eigenvalue weighted by atomic mass is 9.89. The molecule has 318 valence electrons. The Morgan fingerprint density at radius 2 is 1.80 bits per heavy atom. The van der Waals surface area contributed by atoms with Gasteiger partial charge in [0.05, 0.1) is 54.6 Å². The van der Waals surface area contributed by atoms with Gasteiger partial charge in [-0.3, -0.25) is 23.9 Å². The van der Waals surface area contributed by atoms with E-state index in [-0.39, 0.29) is 50.0 Å². The molecule has 8 rings (SSSR count). The summed E-state index contributed by atoms with van der Waals surface area (Å²) >= 11 is 0. The number of cyclic esters (lactones) is 1. The van der Waals surface area contributed by atoms with Crippen LogP contribution in [0.1, 0.15) is 96.5 Å². The molecule has 5 bridgehead atoms. The predicted octanol–water partition coefficient (Wildman–Crippen LogP) is 7.35. The summed E-state index contributed by atoms with van der Waals surface area (Å²) in [7, 11) is -2.25. The zero-order valence-corrected chi connectivity index (χ0v) is 35.5. The molecule has 2 amide bonds. The van der Waals surface area contributed by atoms with Crippen LogP contribution in [0.5, 0.6) is 11.5 Å². The molecule has 3 aliphatic heterocycles. The summed E-state index contributed by atoms with van der Waals surface area (Å²) in [5.41, 5.74) is 1.33. The molecule has 60 heavy (non-hydrogen) atoms. The average molecular weight is 838 g/mol. The Bertz CT molecular complexity index is 2340. The Morgan fingerprint density at radius 1 is 1.00 bits per heavy atom. The van der Waals surface area contributed by atoms with Crippen LogP contribution in [0.25, 0.3) is 28.2 Å². The summed E-state index contributed by atoms with van der Waals surface area (Å²) in [5.74, 6) is -1.70. The third kappa shape index (κ3) is 9.01. The van der Waals surface area contributed by atoms with Gasteiger partial charge in [0.2, 0.25) is 21.8 Å². The number of nitrogens with zero attached hydrogens (tertiary/aromatic N) is 2. The van der Waals surface area contributed by atoms with E-state index in [9.17, 15) is 27.6 Å². The second-order valence-corrected chi connectivity index (χ2v) is 20.1. The van der Waals surface area contributed by atoms with E-state index >= 15 is 0 Å². The van der Waals surface area contributed by atoms with E-state index in [1.807, 2.05) is 86.7 Å². The zero-order valence-electron chi connectivity index (χ0n) is 34.7. The summed E-state index contributed by atoms with van der Waals surface area (Å²) in [5, 5.41) is 0.127. The molecule has 1 aromatic heterocycles. The minimum atomic E-state index is -3.86. The molecule has 5 aliphatic rings. The number of benzene rings is 2. The fourth-order valence-corrected chi connectivity index (χ4v) is 10.4. The molecule has 3 fully saturated rings. The van der Waals surface area contributed by atoms with Gasteiger partial charge in [0.15, 0.2) is 5.78 Å². The van der Waals surface area contributed by atoms with E-state index in [2.05, 4.69) is 4.72 Å². The number of allylic oxidation sites excluding steroid dienone is 3. The Balaban J connectivity index is 1.20. The number of hydrogen-bond donors (Lipinski definition) is 1. The highest BCUT2D eigenvalue weighted by Crippen LogP contribution is 2.57. The number of rotatable bonds is 5. The first-order valence-corrected chi connectivity index (χ1v) is 22.9. The molecule has 2 aliphatic carbocycles. The summed E-state index contributed by atoms with van der Waals surface area (Å²) < 4.78 is 46.9. The predicted molar refractivity (Wildman–Crippen MR) is 227 cm³/mol. The number of esters is 1. The third-order valence-corrected chi connectivity index (χ3v) is 14.6. The first-order chi connectivity index (χ1) is 28.7. The molecule has 4 heterocycles. The van der Waals surface area contributed by atoms with Crippen LogP contribution in [0.4, 0.5) is 0 Å². The van der Waals surface area contributed by atoms with E-state index in [1.54, 1.807) is 12.0 Å². The van der Waals surface area contributed by atoms with Gasteiger partial charge in [0.1, 0.15) is 17.6 Å². The van der Waals surface area contributed by atoms with Gasteiger partial charge >= 0.3 is 5.97 Å². The van der Waals surface area contributed by atoms with Gasteiger partial charge in [-0.05, 0) is 56.9 Å². The number of pyridine rings is 1. The Hall–Kier alpha value is -5.04. The fourth-order valence-electron chi connectivity index (χ4n) is 9.00. The minimum Gasteiger partial charge on any atom is -0.496 e. The summed E-state index contributed by atoms with van der Waals surface area (Å²) in [4.78, 5) is 63.7. The lowest BCUT2D eigenvalue weighted by molar-refractivity contribution is -0.152. The van der Waals surface area contributed by atoms with Crippen LogP contribution >= 0.6 is 0 Å². The standard InChI is InChI=1S/C47H55N3O9S/c1-46(2)20-12-16-31-21-36-38(25-41(31)57-3)48-37(30-13-9-7-10-14-30)24-42(36)59-34-23-39-40(51)27-47(45(54)49-60(55,56)35-18-19-35)26-33(47)17-11-6-4-5-8-15-32(22-43(52)58-29-46)44(53)50(39)28-34/h7,9-14,16-17,21,24-25,32-35,39H,4-6,8,15,18-20,22-23,26-29H2,1-3H3,(H,49,54)/b16-12+,17-11-/t32-,33+,34-,39+,47-/m1/s1. The first kappa shape index (κ1) is 41.7. The number of ether oxygens (including phenoxy) is 3. The van der Waals surface area contributed by atoms with Crippen molar-refractivity contribution in [3.05, 3.63) is 72.3 Å². The maximum absolute atomic E-state index is 14.9. The van der Waals surface area contributed by atoms with Gasteiger partial charge in [-0.15, -0.1) is 0 Å².